The Bertz CT molecular complexity index is 476. The maximum Gasteiger partial charge on any atom is 0.329 e. The van der Waals surface area contributed by atoms with Crippen LogP contribution in [0.4, 0.5) is 5.82 Å². The number of hydrogen-bond acceptors (Lipinski definition) is 3. The van der Waals surface area contributed by atoms with Gasteiger partial charge >= 0.3 is 5.69 Å². The van der Waals surface area contributed by atoms with Gasteiger partial charge in [-0.05, 0) is 18.3 Å². The summed E-state index contributed by atoms with van der Waals surface area (Å²) in [6.45, 7) is 6.19. The molecule has 5 heteroatoms. The van der Waals surface area contributed by atoms with Gasteiger partial charge < -0.3 is 4.90 Å². The summed E-state index contributed by atoms with van der Waals surface area (Å²) in [5, 5.41) is 0. The average molecular weight is 237 g/mol. The number of nitrogens with one attached hydrogen (secondary N) is 1. The van der Waals surface area contributed by atoms with E-state index in [1.165, 1.54) is 19.5 Å². The van der Waals surface area contributed by atoms with Crippen LogP contribution in [0.15, 0.2) is 15.7 Å². The van der Waals surface area contributed by atoms with Crippen molar-refractivity contribution in [3.8, 4) is 0 Å². The number of aromatic amines is 1. The number of nitrogens with zero attached hydrogens (tertiary/aromatic N) is 2. The molecule has 2 rings (SSSR count). The summed E-state index contributed by atoms with van der Waals surface area (Å²) in [7, 11) is 1.48. The molecule has 0 aromatic carbocycles. The first kappa shape index (κ1) is 12.0. The third-order valence-electron chi connectivity index (χ3n) is 3.34. The number of piperidine rings is 1. The van der Waals surface area contributed by atoms with Crippen LogP contribution in [0.2, 0.25) is 0 Å². The first-order chi connectivity index (χ1) is 7.97. The third-order valence-corrected chi connectivity index (χ3v) is 3.34. The van der Waals surface area contributed by atoms with Crippen molar-refractivity contribution in [2.24, 2.45) is 18.9 Å². The summed E-state index contributed by atoms with van der Waals surface area (Å²) in [6.07, 6.45) is 1.20. The monoisotopic (exact) mass is 237 g/mol. The zero-order chi connectivity index (χ0) is 12.6. The Morgan fingerprint density at radius 1 is 1.24 bits per heavy atom. The molecule has 0 spiro atoms. The lowest BCUT2D eigenvalue weighted by molar-refractivity contribution is 0.355. The fourth-order valence-corrected chi connectivity index (χ4v) is 2.57. The van der Waals surface area contributed by atoms with E-state index in [2.05, 4.69) is 23.7 Å². The number of anilines is 1. The molecular formula is C12H19N3O2. The van der Waals surface area contributed by atoms with E-state index in [0.717, 1.165) is 17.7 Å². The smallest absolute Gasteiger partial charge is 0.329 e. The highest BCUT2D eigenvalue weighted by atomic mass is 16.2. The second-order valence-electron chi connectivity index (χ2n) is 5.21. The van der Waals surface area contributed by atoms with E-state index in [9.17, 15) is 9.59 Å². The van der Waals surface area contributed by atoms with Crippen molar-refractivity contribution in [3.63, 3.8) is 0 Å². The third kappa shape index (κ3) is 2.43. The van der Waals surface area contributed by atoms with Gasteiger partial charge in [-0.3, -0.25) is 14.3 Å². The van der Waals surface area contributed by atoms with Crippen molar-refractivity contribution >= 4 is 5.82 Å². The zero-order valence-electron chi connectivity index (χ0n) is 10.6. The lowest BCUT2D eigenvalue weighted by atomic mass is 9.92. The highest BCUT2D eigenvalue weighted by Gasteiger charge is 2.22. The van der Waals surface area contributed by atoms with Crippen LogP contribution in [0.1, 0.15) is 20.3 Å². The molecular weight excluding hydrogens is 218 g/mol. The highest BCUT2D eigenvalue weighted by molar-refractivity contribution is 5.37. The lowest BCUT2D eigenvalue weighted by Crippen LogP contribution is -2.42. The zero-order valence-corrected chi connectivity index (χ0v) is 10.6. The van der Waals surface area contributed by atoms with Crippen LogP contribution in [-0.2, 0) is 7.05 Å². The molecule has 0 amide bonds. The molecule has 1 aliphatic heterocycles. The minimum absolute atomic E-state index is 0.255. The quantitative estimate of drug-likeness (QED) is 0.776. The molecule has 1 aromatic heterocycles. The fraction of sp³-hybridized carbons (Fsp3) is 0.667. The molecule has 1 fully saturated rings. The van der Waals surface area contributed by atoms with Gasteiger partial charge in [-0.1, -0.05) is 13.8 Å². The van der Waals surface area contributed by atoms with Gasteiger partial charge in [0.05, 0.1) is 0 Å². The van der Waals surface area contributed by atoms with Crippen LogP contribution in [-0.4, -0.2) is 22.6 Å². The van der Waals surface area contributed by atoms with Crippen LogP contribution in [0.25, 0.3) is 0 Å². The number of hydrogen-bond donors (Lipinski definition) is 1. The maximum absolute atomic E-state index is 11.6. The summed E-state index contributed by atoms with van der Waals surface area (Å²) in [5.41, 5.74) is -0.604. The Hall–Kier alpha value is -1.52. The molecule has 1 saturated heterocycles. The highest BCUT2D eigenvalue weighted by Crippen LogP contribution is 2.23. The minimum atomic E-state index is -0.349. The summed E-state index contributed by atoms with van der Waals surface area (Å²) < 4.78 is 1.08. The van der Waals surface area contributed by atoms with E-state index < -0.39 is 0 Å². The predicted molar refractivity (Wildman–Crippen MR) is 67.5 cm³/mol. The molecule has 1 aliphatic rings. The van der Waals surface area contributed by atoms with Crippen molar-refractivity contribution in [1.29, 1.82) is 0 Å². The molecule has 1 N–H and O–H groups in total. The fourth-order valence-electron chi connectivity index (χ4n) is 2.57. The second kappa shape index (κ2) is 4.39. The van der Waals surface area contributed by atoms with Gasteiger partial charge in [-0.2, -0.15) is 0 Å². The molecule has 0 radical (unpaired) electrons. The van der Waals surface area contributed by atoms with Crippen molar-refractivity contribution < 1.29 is 0 Å². The van der Waals surface area contributed by atoms with E-state index in [1.807, 2.05) is 0 Å². The molecule has 0 saturated carbocycles. The Labute approximate surface area is 100 Å². The minimum Gasteiger partial charge on any atom is -0.357 e. The number of rotatable bonds is 1. The first-order valence-corrected chi connectivity index (χ1v) is 6.02. The number of aromatic nitrogens is 2. The van der Waals surface area contributed by atoms with Crippen molar-refractivity contribution in [2.75, 3.05) is 18.0 Å². The van der Waals surface area contributed by atoms with E-state index in [-0.39, 0.29) is 11.2 Å². The van der Waals surface area contributed by atoms with Crippen LogP contribution in [0.5, 0.6) is 0 Å². The first-order valence-electron chi connectivity index (χ1n) is 6.02. The Morgan fingerprint density at radius 2 is 1.82 bits per heavy atom. The molecule has 17 heavy (non-hydrogen) atoms. The van der Waals surface area contributed by atoms with E-state index in [4.69, 9.17) is 0 Å². The van der Waals surface area contributed by atoms with E-state index >= 15 is 0 Å². The normalized spacial score (nSPS) is 25.0. The van der Waals surface area contributed by atoms with Gasteiger partial charge in [0.2, 0.25) is 0 Å². The molecule has 2 atom stereocenters. The van der Waals surface area contributed by atoms with Crippen LogP contribution in [0, 0.1) is 11.8 Å². The molecule has 2 heterocycles. The van der Waals surface area contributed by atoms with Gasteiger partial charge in [0.25, 0.3) is 5.56 Å². The molecule has 94 valence electrons. The molecule has 1 aromatic rings. The molecule has 5 nitrogen and oxygen atoms in total. The van der Waals surface area contributed by atoms with Gasteiger partial charge in [-0.15, -0.1) is 0 Å². The van der Waals surface area contributed by atoms with Crippen LogP contribution >= 0.6 is 0 Å². The van der Waals surface area contributed by atoms with Gasteiger partial charge in [0, 0.05) is 26.2 Å². The Kier molecular flexibility index (Phi) is 3.09. The summed E-state index contributed by atoms with van der Waals surface area (Å²) >= 11 is 0. The maximum atomic E-state index is 11.6. The summed E-state index contributed by atoms with van der Waals surface area (Å²) in [5.74, 6) is 1.83. The largest absolute Gasteiger partial charge is 0.357 e. The molecule has 0 bridgehead atoms. The van der Waals surface area contributed by atoms with Crippen molar-refractivity contribution in [1.82, 2.24) is 9.55 Å². The Balaban J connectivity index is 2.34. The lowest BCUT2D eigenvalue weighted by Gasteiger charge is -2.36. The van der Waals surface area contributed by atoms with Gasteiger partial charge in [0.1, 0.15) is 5.82 Å². The number of H-pyrrole nitrogens is 1. The Morgan fingerprint density at radius 3 is 2.35 bits per heavy atom. The summed E-state index contributed by atoms with van der Waals surface area (Å²) in [6, 6.07) is 1.51. The SMILES string of the molecule is C[C@@H]1C[C@@H](C)CN(c2cc(=O)n(C)c(=O)[nH]2)C1. The van der Waals surface area contributed by atoms with Gasteiger partial charge in [-0.25, -0.2) is 4.79 Å². The van der Waals surface area contributed by atoms with Crippen LogP contribution < -0.4 is 16.1 Å². The van der Waals surface area contributed by atoms with E-state index in [1.54, 1.807) is 0 Å². The average Bonchev–Trinajstić information content (AvgIpc) is 2.23. The molecule has 0 aliphatic carbocycles. The van der Waals surface area contributed by atoms with Gasteiger partial charge in [0.15, 0.2) is 0 Å². The predicted octanol–water partition coefficient (Wildman–Crippen LogP) is 0.556. The second-order valence-corrected chi connectivity index (χ2v) is 5.21. The van der Waals surface area contributed by atoms with Crippen molar-refractivity contribution in [3.05, 3.63) is 26.9 Å². The topological polar surface area (TPSA) is 58.1 Å². The summed E-state index contributed by atoms with van der Waals surface area (Å²) in [4.78, 5) is 28.0. The van der Waals surface area contributed by atoms with Crippen molar-refractivity contribution in [2.45, 2.75) is 20.3 Å². The van der Waals surface area contributed by atoms with Crippen LogP contribution in [0.3, 0.4) is 0 Å². The standard InChI is InChI=1S/C12H19N3O2/c1-8-4-9(2)7-15(6-8)10-5-11(16)14(3)12(17)13-10/h5,8-9H,4,6-7H2,1-3H3,(H,13,17)/t8-,9-/m1/s1. The molecule has 0 unspecified atom stereocenters. The van der Waals surface area contributed by atoms with E-state index in [0.29, 0.717) is 17.7 Å².